The summed E-state index contributed by atoms with van der Waals surface area (Å²) in [7, 11) is 1.60. The minimum Gasteiger partial charge on any atom is -0.453 e. The Morgan fingerprint density at radius 1 is 1.23 bits per heavy atom. The van der Waals surface area contributed by atoms with Crippen LogP contribution in [-0.4, -0.2) is 19.0 Å². The van der Waals surface area contributed by atoms with Crippen LogP contribution < -0.4 is 15.4 Å². The SMILES string of the molecule is CC[C@@H](N[C@H](C)CC(=O)NC)c1ccc(Cl)c(Oc2ccccc2)c1F. The van der Waals surface area contributed by atoms with E-state index in [9.17, 15) is 4.79 Å². The third kappa shape index (κ3) is 5.19. The summed E-state index contributed by atoms with van der Waals surface area (Å²) in [6, 6.07) is 11.9. The number of ether oxygens (including phenoxy) is 1. The van der Waals surface area contributed by atoms with Gasteiger partial charge in [-0.1, -0.05) is 42.8 Å². The molecule has 0 aliphatic carbocycles. The average molecular weight is 379 g/mol. The molecule has 0 unspecified atom stereocenters. The maximum Gasteiger partial charge on any atom is 0.221 e. The zero-order valence-corrected chi connectivity index (χ0v) is 15.9. The second kappa shape index (κ2) is 9.55. The Morgan fingerprint density at radius 2 is 1.92 bits per heavy atom. The molecule has 0 fully saturated rings. The molecule has 0 aliphatic rings. The van der Waals surface area contributed by atoms with Crippen LogP contribution in [0.25, 0.3) is 0 Å². The first-order valence-electron chi connectivity index (χ1n) is 8.63. The Morgan fingerprint density at radius 3 is 2.54 bits per heavy atom. The molecule has 0 radical (unpaired) electrons. The second-order valence-corrected chi connectivity index (χ2v) is 6.51. The predicted molar refractivity (Wildman–Crippen MR) is 102 cm³/mol. The molecule has 0 saturated carbocycles. The number of rotatable bonds is 8. The highest BCUT2D eigenvalue weighted by molar-refractivity contribution is 6.32. The van der Waals surface area contributed by atoms with E-state index in [0.717, 1.165) is 0 Å². The van der Waals surface area contributed by atoms with Crippen molar-refractivity contribution in [1.29, 1.82) is 0 Å². The molecular weight excluding hydrogens is 355 g/mol. The minimum absolute atomic E-state index is 0.00886. The Hall–Kier alpha value is -2.11. The van der Waals surface area contributed by atoms with Crippen LogP contribution >= 0.6 is 11.6 Å². The third-order valence-corrected chi connectivity index (χ3v) is 4.38. The van der Waals surface area contributed by atoms with Gasteiger partial charge in [-0.15, -0.1) is 0 Å². The molecule has 2 aromatic rings. The fourth-order valence-corrected chi connectivity index (χ4v) is 2.91. The molecule has 0 aliphatic heterocycles. The van der Waals surface area contributed by atoms with Crippen LogP contribution in [0.4, 0.5) is 4.39 Å². The van der Waals surface area contributed by atoms with Crippen molar-refractivity contribution in [2.75, 3.05) is 7.05 Å². The average Bonchev–Trinajstić information content (AvgIpc) is 2.64. The molecule has 2 atom stereocenters. The normalized spacial score (nSPS) is 13.1. The van der Waals surface area contributed by atoms with Crippen molar-refractivity contribution in [3.8, 4) is 11.5 Å². The van der Waals surface area contributed by atoms with Crippen molar-refractivity contribution in [1.82, 2.24) is 10.6 Å². The van der Waals surface area contributed by atoms with Crippen LogP contribution in [0.2, 0.25) is 5.02 Å². The Kier molecular flexibility index (Phi) is 7.42. The molecule has 0 saturated heterocycles. The number of halogens is 2. The zero-order valence-electron chi connectivity index (χ0n) is 15.2. The smallest absolute Gasteiger partial charge is 0.221 e. The van der Waals surface area contributed by atoms with Crippen molar-refractivity contribution in [3.63, 3.8) is 0 Å². The Bertz CT molecular complexity index is 740. The van der Waals surface area contributed by atoms with Gasteiger partial charge < -0.3 is 15.4 Å². The molecule has 0 spiro atoms. The van der Waals surface area contributed by atoms with E-state index in [0.29, 0.717) is 24.2 Å². The molecule has 2 N–H and O–H groups in total. The summed E-state index contributed by atoms with van der Waals surface area (Å²) >= 11 is 6.15. The lowest BCUT2D eigenvalue weighted by Crippen LogP contribution is -2.35. The van der Waals surface area contributed by atoms with Crippen molar-refractivity contribution < 1.29 is 13.9 Å². The number of carbonyl (C=O) groups excluding carboxylic acids is 1. The van der Waals surface area contributed by atoms with E-state index in [1.54, 1.807) is 31.3 Å². The number of nitrogens with one attached hydrogen (secondary N) is 2. The molecule has 26 heavy (non-hydrogen) atoms. The number of carbonyl (C=O) groups is 1. The van der Waals surface area contributed by atoms with E-state index >= 15 is 4.39 Å². The summed E-state index contributed by atoms with van der Waals surface area (Å²) in [5.74, 6) is -0.0357. The first-order chi connectivity index (χ1) is 12.5. The summed E-state index contributed by atoms with van der Waals surface area (Å²) in [5, 5.41) is 6.10. The molecule has 4 nitrogen and oxygen atoms in total. The molecule has 0 aromatic heterocycles. The summed E-state index contributed by atoms with van der Waals surface area (Å²) < 4.78 is 20.8. The van der Waals surface area contributed by atoms with Crippen LogP contribution in [-0.2, 0) is 4.79 Å². The van der Waals surface area contributed by atoms with Crippen LogP contribution in [0.5, 0.6) is 11.5 Å². The van der Waals surface area contributed by atoms with Gasteiger partial charge in [0.2, 0.25) is 5.91 Å². The summed E-state index contributed by atoms with van der Waals surface area (Å²) in [6.07, 6.45) is 0.969. The first kappa shape index (κ1) is 20.2. The van der Waals surface area contributed by atoms with Crippen LogP contribution in [0, 0.1) is 5.82 Å². The second-order valence-electron chi connectivity index (χ2n) is 6.10. The van der Waals surface area contributed by atoms with Gasteiger partial charge in [-0.3, -0.25) is 4.79 Å². The van der Waals surface area contributed by atoms with Gasteiger partial charge >= 0.3 is 0 Å². The molecule has 2 rings (SSSR count). The monoisotopic (exact) mass is 378 g/mol. The fourth-order valence-electron chi connectivity index (χ4n) is 2.73. The quantitative estimate of drug-likeness (QED) is 0.691. The lowest BCUT2D eigenvalue weighted by Gasteiger charge is -2.23. The van der Waals surface area contributed by atoms with Crippen molar-refractivity contribution in [3.05, 3.63) is 58.9 Å². The van der Waals surface area contributed by atoms with Gasteiger partial charge in [0, 0.05) is 31.1 Å². The van der Waals surface area contributed by atoms with Gasteiger partial charge in [-0.25, -0.2) is 4.39 Å². The standard InChI is InChI=1S/C20H24ClFN2O2/c1-4-17(24-13(2)12-18(25)23-3)15-10-11-16(21)20(19(15)22)26-14-8-6-5-7-9-14/h5-11,13,17,24H,4,12H2,1-3H3,(H,23,25)/t13-,17-/m1/s1. The number of hydrogen-bond donors (Lipinski definition) is 2. The largest absolute Gasteiger partial charge is 0.453 e. The van der Waals surface area contributed by atoms with E-state index in [4.69, 9.17) is 16.3 Å². The molecule has 2 aromatic carbocycles. The van der Waals surface area contributed by atoms with E-state index in [1.165, 1.54) is 0 Å². The van der Waals surface area contributed by atoms with Crippen LogP contribution in [0.3, 0.4) is 0 Å². The minimum atomic E-state index is -0.493. The van der Waals surface area contributed by atoms with Gasteiger partial charge in [-0.2, -0.15) is 0 Å². The maximum atomic E-state index is 15.1. The molecule has 6 heteroatoms. The maximum absolute atomic E-state index is 15.1. The van der Waals surface area contributed by atoms with Gasteiger partial charge in [0.15, 0.2) is 11.6 Å². The molecular formula is C20H24ClFN2O2. The Balaban J connectivity index is 2.24. The molecule has 0 heterocycles. The molecule has 140 valence electrons. The molecule has 1 amide bonds. The van der Waals surface area contributed by atoms with E-state index < -0.39 is 5.82 Å². The fraction of sp³-hybridized carbons (Fsp3) is 0.350. The first-order valence-corrected chi connectivity index (χ1v) is 9.01. The highest BCUT2D eigenvalue weighted by Crippen LogP contribution is 2.36. The summed E-state index contributed by atoms with van der Waals surface area (Å²) in [5.41, 5.74) is 0.464. The van der Waals surface area contributed by atoms with Crippen molar-refractivity contribution >= 4 is 17.5 Å². The number of amides is 1. The van der Waals surface area contributed by atoms with Crippen molar-refractivity contribution in [2.45, 2.75) is 38.8 Å². The zero-order chi connectivity index (χ0) is 19.1. The van der Waals surface area contributed by atoms with Gasteiger partial charge in [0.05, 0.1) is 5.02 Å². The van der Waals surface area contributed by atoms with Gasteiger partial charge in [0.25, 0.3) is 0 Å². The Labute approximate surface area is 158 Å². The van der Waals surface area contributed by atoms with E-state index in [-0.39, 0.29) is 28.8 Å². The van der Waals surface area contributed by atoms with E-state index in [1.807, 2.05) is 32.0 Å². The van der Waals surface area contributed by atoms with Crippen molar-refractivity contribution in [2.24, 2.45) is 0 Å². The number of hydrogen-bond acceptors (Lipinski definition) is 3. The number of benzene rings is 2. The summed E-state index contributed by atoms with van der Waals surface area (Å²) in [6.45, 7) is 3.85. The highest BCUT2D eigenvalue weighted by atomic mass is 35.5. The highest BCUT2D eigenvalue weighted by Gasteiger charge is 2.22. The molecule has 0 bridgehead atoms. The van der Waals surface area contributed by atoms with Gasteiger partial charge in [-0.05, 0) is 31.5 Å². The lowest BCUT2D eigenvalue weighted by molar-refractivity contribution is -0.121. The van der Waals surface area contributed by atoms with E-state index in [2.05, 4.69) is 10.6 Å². The third-order valence-electron chi connectivity index (χ3n) is 4.08. The number of para-hydroxylation sites is 1. The predicted octanol–water partition coefficient (Wildman–Crippen LogP) is 4.84. The topological polar surface area (TPSA) is 50.4 Å². The van der Waals surface area contributed by atoms with Crippen LogP contribution in [0.1, 0.15) is 38.3 Å². The summed E-state index contributed by atoms with van der Waals surface area (Å²) in [4.78, 5) is 11.5. The lowest BCUT2D eigenvalue weighted by atomic mass is 10.0. The van der Waals surface area contributed by atoms with Gasteiger partial charge in [0.1, 0.15) is 5.75 Å². The van der Waals surface area contributed by atoms with Crippen LogP contribution in [0.15, 0.2) is 42.5 Å².